The van der Waals surface area contributed by atoms with Gasteiger partial charge < -0.3 is 29.3 Å². The van der Waals surface area contributed by atoms with E-state index in [0.29, 0.717) is 43.4 Å². The molecule has 16 heteroatoms. The van der Waals surface area contributed by atoms with Gasteiger partial charge in [-0.3, -0.25) is 10.1 Å². The second kappa shape index (κ2) is 15.2. The summed E-state index contributed by atoms with van der Waals surface area (Å²) in [5, 5.41) is 9.78. The Kier molecular flexibility index (Phi) is 11.1. The number of hydrogen-bond donors (Lipinski definition) is 2. The Bertz CT molecular complexity index is 1910. The van der Waals surface area contributed by atoms with Crippen LogP contribution < -0.4 is 20.3 Å². The smallest absolute Gasteiger partial charge is 0.412 e. The molecule has 52 heavy (non-hydrogen) atoms. The molecule has 3 amide bonds. The van der Waals surface area contributed by atoms with Gasteiger partial charge in [-0.25, -0.2) is 28.0 Å². The van der Waals surface area contributed by atoms with Gasteiger partial charge in [-0.1, -0.05) is 29.5 Å². The maximum atomic E-state index is 14.8. The van der Waals surface area contributed by atoms with Gasteiger partial charge >= 0.3 is 12.2 Å². The number of carbonyl (C=O) groups is 3. The van der Waals surface area contributed by atoms with Crippen molar-refractivity contribution in [3.8, 4) is 16.3 Å². The number of nitrogens with zero attached hydrogens (tertiary/aromatic N) is 5. The van der Waals surface area contributed by atoms with Crippen LogP contribution in [-0.4, -0.2) is 81.7 Å². The Morgan fingerprint density at radius 1 is 0.942 bits per heavy atom. The van der Waals surface area contributed by atoms with Gasteiger partial charge in [-0.15, -0.1) is 0 Å². The van der Waals surface area contributed by atoms with Gasteiger partial charge in [-0.2, -0.15) is 5.10 Å². The fraction of sp³-hybridized carbons (Fsp3) is 0.417. The first-order chi connectivity index (χ1) is 24.4. The molecule has 0 aliphatic carbocycles. The maximum absolute atomic E-state index is 14.8. The van der Waals surface area contributed by atoms with E-state index >= 15 is 0 Å². The van der Waals surface area contributed by atoms with Gasteiger partial charge in [0, 0.05) is 25.7 Å². The van der Waals surface area contributed by atoms with Gasteiger partial charge in [-0.05, 0) is 78.3 Å². The number of ether oxygens (including phenoxy) is 3. The van der Waals surface area contributed by atoms with Crippen molar-refractivity contribution >= 4 is 45.9 Å². The number of nitrogens with one attached hydrogen (secondary N) is 2. The second-order valence-electron chi connectivity index (χ2n) is 14.2. The Hall–Kier alpha value is -5.25. The van der Waals surface area contributed by atoms with E-state index in [4.69, 9.17) is 14.2 Å². The molecule has 1 aliphatic rings. The summed E-state index contributed by atoms with van der Waals surface area (Å²) in [5.41, 5.74) is -1.03. The SMILES string of the molecule is COc1ccc(Cn2ncc(NC(=O)c3nc(-c4c(F)cccc4F)sc3NC(=O)OC(C)(C)C)c2N2CCN(C(=O)OC(C)(C)C)C[C@@H]2C)cc1. The second-order valence-corrected chi connectivity index (χ2v) is 15.2. The molecular weight excluding hydrogens is 697 g/mol. The summed E-state index contributed by atoms with van der Waals surface area (Å²) in [6.45, 7) is 13.8. The number of benzene rings is 2. The molecule has 1 fully saturated rings. The Morgan fingerprint density at radius 3 is 2.19 bits per heavy atom. The van der Waals surface area contributed by atoms with Crippen LogP contribution in [-0.2, 0) is 16.0 Å². The molecule has 1 atom stereocenters. The minimum absolute atomic E-state index is 0.0732. The minimum atomic E-state index is -0.883. The summed E-state index contributed by atoms with van der Waals surface area (Å²) in [6, 6.07) is 10.6. The lowest BCUT2D eigenvalue weighted by molar-refractivity contribution is 0.0218. The van der Waals surface area contributed by atoms with Crippen molar-refractivity contribution in [3.05, 3.63) is 71.6 Å². The molecule has 2 aromatic carbocycles. The molecule has 2 aromatic heterocycles. The number of anilines is 3. The fourth-order valence-electron chi connectivity index (χ4n) is 5.50. The van der Waals surface area contributed by atoms with E-state index in [-0.39, 0.29) is 21.7 Å². The molecule has 5 rings (SSSR count). The zero-order valence-electron chi connectivity index (χ0n) is 30.4. The first-order valence-corrected chi connectivity index (χ1v) is 17.4. The van der Waals surface area contributed by atoms with Gasteiger partial charge in [0.05, 0.1) is 25.4 Å². The summed E-state index contributed by atoms with van der Waals surface area (Å²) < 4.78 is 47.7. The van der Waals surface area contributed by atoms with Crippen molar-refractivity contribution in [1.29, 1.82) is 0 Å². The highest BCUT2D eigenvalue weighted by atomic mass is 32.1. The fourth-order valence-corrected chi connectivity index (χ4v) is 6.50. The van der Waals surface area contributed by atoms with Crippen molar-refractivity contribution in [2.75, 3.05) is 42.3 Å². The zero-order chi connectivity index (χ0) is 38.0. The van der Waals surface area contributed by atoms with E-state index in [1.165, 1.54) is 12.3 Å². The number of amides is 3. The van der Waals surface area contributed by atoms with Crippen molar-refractivity contribution in [1.82, 2.24) is 19.7 Å². The number of methoxy groups -OCH3 is 1. The highest BCUT2D eigenvalue weighted by Gasteiger charge is 2.34. The average molecular weight is 740 g/mol. The van der Waals surface area contributed by atoms with E-state index in [1.54, 1.807) is 37.5 Å². The molecule has 0 radical (unpaired) electrons. The van der Waals surface area contributed by atoms with Crippen LogP contribution in [0.5, 0.6) is 5.75 Å². The van der Waals surface area contributed by atoms with Gasteiger partial charge in [0.25, 0.3) is 5.91 Å². The summed E-state index contributed by atoms with van der Waals surface area (Å²) >= 11 is 0.729. The lowest BCUT2D eigenvalue weighted by atomic mass is 10.1. The lowest BCUT2D eigenvalue weighted by Crippen LogP contribution is -2.55. The number of halogens is 2. The first kappa shape index (κ1) is 38.0. The monoisotopic (exact) mass is 739 g/mol. The summed E-state index contributed by atoms with van der Waals surface area (Å²) in [5.74, 6) is -1.29. The quantitative estimate of drug-likeness (QED) is 0.189. The van der Waals surface area contributed by atoms with E-state index < -0.39 is 46.5 Å². The highest BCUT2D eigenvalue weighted by molar-refractivity contribution is 7.19. The normalized spacial score (nSPS) is 14.9. The van der Waals surface area contributed by atoms with Crippen LogP contribution in [0.4, 0.5) is 34.9 Å². The molecular formula is C36H43F2N7O6S. The van der Waals surface area contributed by atoms with Crippen LogP contribution in [0, 0.1) is 11.6 Å². The minimum Gasteiger partial charge on any atom is -0.497 e. The molecule has 0 spiro atoms. The lowest BCUT2D eigenvalue weighted by Gasteiger charge is -2.41. The molecule has 0 unspecified atom stereocenters. The predicted octanol–water partition coefficient (Wildman–Crippen LogP) is 7.39. The molecule has 4 aromatic rings. The van der Waals surface area contributed by atoms with Crippen LogP contribution in [0.25, 0.3) is 10.6 Å². The summed E-state index contributed by atoms with van der Waals surface area (Å²) in [4.78, 5) is 47.8. The van der Waals surface area contributed by atoms with Crippen LogP contribution in [0.3, 0.4) is 0 Å². The van der Waals surface area contributed by atoms with Crippen LogP contribution in [0.15, 0.2) is 48.7 Å². The van der Waals surface area contributed by atoms with Crippen LogP contribution >= 0.6 is 11.3 Å². The topological polar surface area (TPSA) is 140 Å². The average Bonchev–Trinajstić information content (AvgIpc) is 3.63. The summed E-state index contributed by atoms with van der Waals surface area (Å²) in [6.07, 6.45) is 0.194. The standard InChI is InChI=1S/C36H43F2N7O6S/c1-21-19-43(34(48)51-36(5,6)7)16-17-44(21)32-26(18-39-45(32)20-22-12-14-23(49-8)15-13-22)40-29(46)28-31(42-33(47)50-35(2,3)4)52-30(41-28)27-24(37)10-9-11-25(27)38/h9-15,18,21H,16-17,19-20H2,1-8H3,(H,40,46)(H,42,47)/t21-/m0/s1. The van der Waals surface area contributed by atoms with Crippen molar-refractivity contribution in [2.24, 2.45) is 0 Å². The largest absolute Gasteiger partial charge is 0.497 e. The van der Waals surface area contributed by atoms with Crippen LogP contribution in [0.1, 0.15) is 64.5 Å². The molecule has 0 saturated carbocycles. The van der Waals surface area contributed by atoms with Gasteiger partial charge in [0.2, 0.25) is 0 Å². The Balaban J connectivity index is 1.50. The molecule has 0 bridgehead atoms. The predicted molar refractivity (Wildman–Crippen MR) is 194 cm³/mol. The number of rotatable bonds is 8. The van der Waals surface area contributed by atoms with E-state index in [1.807, 2.05) is 56.9 Å². The maximum Gasteiger partial charge on any atom is 0.412 e. The van der Waals surface area contributed by atoms with Crippen LogP contribution in [0.2, 0.25) is 0 Å². The third kappa shape index (κ3) is 9.15. The third-order valence-electron chi connectivity index (χ3n) is 7.74. The first-order valence-electron chi connectivity index (χ1n) is 16.6. The molecule has 1 aliphatic heterocycles. The number of piperazine rings is 1. The number of hydrogen-bond acceptors (Lipinski definition) is 10. The van der Waals surface area contributed by atoms with E-state index in [9.17, 15) is 23.2 Å². The van der Waals surface area contributed by atoms with Gasteiger partial charge in [0.15, 0.2) is 11.5 Å². The van der Waals surface area contributed by atoms with E-state index in [2.05, 4.69) is 20.7 Å². The van der Waals surface area contributed by atoms with Crippen molar-refractivity contribution in [3.63, 3.8) is 0 Å². The summed E-state index contributed by atoms with van der Waals surface area (Å²) in [7, 11) is 1.58. The Morgan fingerprint density at radius 2 is 1.60 bits per heavy atom. The molecule has 3 heterocycles. The molecule has 1 saturated heterocycles. The van der Waals surface area contributed by atoms with Crippen molar-refractivity contribution < 1.29 is 37.4 Å². The number of carbonyl (C=O) groups excluding carboxylic acids is 3. The highest BCUT2D eigenvalue weighted by Crippen LogP contribution is 2.37. The van der Waals surface area contributed by atoms with Gasteiger partial charge in [0.1, 0.15) is 44.3 Å². The van der Waals surface area contributed by atoms with E-state index in [0.717, 1.165) is 29.0 Å². The number of thiazole rings is 1. The third-order valence-corrected chi connectivity index (χ3v) is 8.72. The molecule has 2 N–H and O–H groups in total. The zero-order valence-corrected chi connectivity index (χ0v) is 31.2. The molecule has 278 valence electrons. The van der Waals surface area contributed by atoms with Crippen molar-refractivity contribution in [2.45, 2.75) is 72.3 Å². The number of aromatic nitrogens is 3. The molecule has 13 nitrogen and oxygen atoms in total. The Labute approximate surface area is 304 Å².